The average molecular weight is 355 g/mol. The molecule has 0 aromatic heterocycles. The smallest absolute Gasteiger partial charge is 0.408 e. The van der Waals surface area contributed by atoms with Crippen molar-refractivity contribution in [3.05, 3.63) is 0 Å². The van der Waals surface area contributed by atoms with Gasteiger partial charge in [-0.15, -0.1) is 0 Å². The van der Waals surface area contributed by atoms with E-state index in [0.717, 1.165) is 19.5 Å². The van der Waals surface area contributed by atoms with Crippen molar-refractivity contribution in [2.75, 3.05) is 19.6 Å². The van der Waals surface area contributed by atoms with Gasteiger partial charge in [0, 0.05) is 19.1 Å². The maximum absolute atomic E-state index is 13.0. The molecule has 0 spiro atoms. The topological polar surface area (TPSA) is 99.2 Å². The van der Waals surface area contributed by atoms with E-state index in [1.807, 2.05) is 6.92 Å². The van der Waals surface area contributed by atoms with E-state index in [-0.39, 0.29) is 11.9 Å². The van der Waals surface area contributed by atoms with E-state index in [4.69, 9.17) is 4.74 Å². The molecule has 8 nitrogen and oxygen atoms in total. The summed E-state index contributed by atoms with van der Waals surface area (Å²) in [4.78, 5) is 40.3. The number of carbonyl (C=O) groups is 3. The standard InChI is InChI=1S/C17H29N3O5/c1-5-19-9-8-11-6-7-13(15(22)23)20(11)14(21)12(10-19)18-16(24)25-17(2,3)4/h11-13H,5-10H2,1-4H3,(H,18,24)(H,22,23). The third-order valence-corrected chi connectivity index (χ3v) is 4.70. The van der Waals surface area contributed by atoms with Gasteiger partial charge in [0.05, 0.1) is 0 Å². The summed E-state index contributed by atoms with van der Waals surface area (Å²) in [7, 11) is 0. The lowest BCUT2D eigenvalue weighted by molar-refractivity contribution is -0.151. The number of nitrogens with one attached hydrogen (secondary N) is 1. The van der Waals surface area contributed by atoms with Gasteiger partial charge < -0.3 is 25.0 Å². The monoisotopic (exact) mass is 355 g/mol. The van der Waals surface area contributed by atoms with Gasteiger partial charge in [0.2, 0.25) is 5.91 Å². The number of likely N-dealkylation sites (N-methyl/N-ethyl adjacent to an activating group) is 1. The van der Waals surface area contributed by atoms with Crippen LogP contribution >= 0.6 is 0 Å². The molecule has 2 saturated heterocycles. The lowest BCUT2D eigenvalue weighted by Gasteiger charge is -2.38. The number of hydrogen-bond donors (Lipinski definition) is 2. The Morgan fingerprint density at radius 2 is 1.96 bits per heavy atom. The van der Waals surface area contributed by atoms with Gasteiger partial charge in [0.25, 0.3) is 0 Å². The van der Waals surface area contributed by atoms with Crippen molar-refractivity contribution in [1.82, 2.24) is 15.1 Å². The Morgan fingerprint density at radius 3 is 2.52 bits per heavy atom. The zero-order chi connectivity index (χ0) is 18.8. The summed E-state index contributed by atoms with van der Waals surface area (Å²) in [6.45, 7) is 9.14. The van der Waals surface area contributed by atoms with Gasteiger partial charge in [-0.1, -0.05) is 6.92 Å². The fourth-order valence-corrected chi connectivity index (χ4v) is 3.53. The minimum atomic E-state index is -0.986. The SMILES string of the molecule is CCN1CCC2CCC(C(=O)O)N2C(=O)C(NC(=O)OC(C)(C)C)C1. The number of aliphatic carboxylic acids is 1. The molecule has 0 aromatic rings. The third kappa shape index (κ3) is 4.84. The molecule has 2 N–H and O–H groups in total. The Balaban J connectivity index is 2.20. The summed E-state index contributed by atoms with van der Waals surface area (Å²) in [5.74, 6) is -1.32. The van der Waals surface area contributed by atoms with Crippen LogP contribution in [0.25, 0.3) is 0 Å². The molecule has 142 valence electrons. The predicted molar refractivity (Wildman–Crippen MR) is 91.2 cm³/mol. The molecule has 2 aliphatic rings. The minimum Gasteiger partial charge on any atom is -0.480 e. The highest BCUT2D eigenvalue weighted by atomic mass is 16.6. The first kappa shape index (κ1) is 19.5. The van der Waals surface area contributed by atoms with Crippen molar-refractivity contribution in [3.8, 4) is 0 Å². The van der Waals surface area contributed by atoms with Gasteiger partial charge in [-0.05, 0) is 46.6 Å². The van der Waals surface area contributed by atoms with Crippen LogP contribution in [0.15, 0.2) is 0 Å². The molecule has 25 heavy (non-hydrogen) atoms. The number of hydrogen-bond acceptors (Lipinski definition) is 5. The number of carboxylic acid groups (broad SMARTS) is 1. The molecule has 2 aliphatic heterocycles. The molecule has 0 saturated carbocycles. The molecular weight excluding hydrogens is 326 g/mol. The molecule has 2 rings (SSSR count). The second-order valence-electron chi connectivity index (χ2n) is 7.71. The highest BCUT2D eigenvalue weighted by molar-refractivity contribution is 5.90. The van der Waals surface area contributed by atoms with Crippen LogP contribution in [0, 0.1) is 0 Å². The molecule has 0 aromatic carbocycles. The summed E-state index contributed by atoms with van der Waals surface area (Å²) < 4.78 is 5.26. The zero-order valence-corrected chi connectivity index (χ0v) is 15.4. The summed E-state index contributed by atoms with van der Waals surface area (Å²) in [5, 5.41) is 12.1. The second-order valence-corrected chi connectivity index (χ2v) is 7.71. The van der Waals surface area contributed by atoms with Crippen LogP contribution in [-0.2, 0) is 14.3 Å². The molecule has 3 atom stereocenters. The Hall–Kier alpha value is -1.83. The lowest BCUT2D eigenvalue weighted by Crippen LogP contribution is -2.60. The zero-order valence-electron chi connectivity index (χ0n) is 15.4. The van der Waals surface area contributed by atoms with Gasteiger partial charge in [-0.25, -0.2) is 9.59 Å². The Labute approximate surface area is 148 Å². The number of rotatable bonds is 3. The minimum absolute atomic E-state index is 0.0918. The molecule has 8 heteroatoms. The largest absolute Gasteiger partial charge is 0.480 e. The second kappa shape index (κ2) is 7.59. The van der Waals surface area contributed by atoms with Crippen molar-refractivity contribution in [3.63, 3.8) is 0 Å². The van der Waals surface area contributed by atoms with E-state index in [0.29, 0.717) is 19.4 Å². The number of amides is 2. The summed E-state index contributed by atoms with van der Waals surface area (Å²) >= 11 is 0. The number of nitrogens with zero attached hydrogens (tertiary/aromatic N) is 2. The highest BCUT2D eigenvalue weighted by Crippen LogP contribution is 2.29. The van der Waals surface area contributed by atoms with E-state index in [1.165, 1.54) is 4.90 Å². The molecule has 3 unspecified atom stereocenters. The van der Waals surface area contributed by atoms with Crippen molar-refractivity contribution in [1.29, 1.82) is 0 Å². The van der Waals surface area contributed by atoms with Gasteiger partial charge in [-0.2, -0.15) is 0 Å². The van der Waals surface area contributed by atoms with Crippen LogP contribution in [0.4, 0.5) is 4.79 Å². The number of fused-ring (bicyclic) bond motifs is 1. The van der Waals surface area contributed by atoms with Crippen LogP contribution in [0.3, 0.4) is 0 Å². The van der Waals surface area contributed by atoms with E-state index in [2.05, 4.69) is 10.2 Å². The van der Waals surface area contributed by atoms with Crippen molar-refractivity contribution in [2.24, 2.45) is 0 Å². The van der Waals surface area contributed by atoms with Crippen LogP contribution in [0.5, 0.6) is 0 Å². The maximum atomic E-state index is 13.0. The number of carboxylic acids is 1. The Kier molecular flexibility index (Phi) is 5.92. The fraction of sp³-hybridized carbons (Fsp3) is 0.824. The Bertz CT molecular complexity index is 531. The first-order valence-corrected chi connectivity index (χ1v) is 8.89. The van der Waals surface area contributed by atoms with Gasteiger partial charge in [0.15, 0.2) is 0 Å². The van der Waals surface area contributed by atoms with Crippen molar-refractivity contribution < 1.29 is 24.2 Å². The molecule has 2 fully saturated rings. The summed E-state index contributed by atoms with van der Waals surface area (Å²) in [5.41, 5.74) is -0.668. The van der Waals surface area contributed by atoms with E-state index >= 15 is 0 Å². The van der Waals surface area contributed by atoms with Gasteiger partial charge in [0.1, 0.15) is 17.7 Å². The van der Waals surface area contributed by atoms with E-state index < -0.39 is 29.7 Å². The van der Waals surface area contributed by atoms with Crippen molar-refractivity contribution in [2.45, 2.75) is 70.7 Å². The molecule has 0 radical (unpaired) electrons. The molecule has 0 bridgehead atoms. The number of ether oxygens (including phenoxy) is 1. The highest BCUT2D eigenvalue weighted by Gasteiger charge is 2.45. The molecule has 2 amide bonds. The first-order chi connectivity index (χ1) is 11.6. The normalized spacial score (nSPS) is 28.1. The fourth-order valence-electron chi connectivity index (χ4n) is 3.53. The third-order valence-electron chi connectivity index (χ3n) is 4.70. The predicted octanol–water partition coefficient (Wildman–Crippen LogP) is 1.05. The molecule has 2 heterocycles. The summed E-state index contributed by atoms with van der Waals surface area (Å²) in [6.07, 6.45) is 1.23. The number of alkyl carbamates (subject to hydrolysis) is 1. The van der Waals surface area contributed by atoms with Crippen LogP contribution in [-0.4, -0.2) is 76.2 Å². The van der Waals surface area contributed by atoms with Crippen LogP contribution in [0.2, 0.25) is 0 Å². The maximum Gasteiger partial charge on any atom is 0.408 e. The summed E-state index contributed by atoms with van der Waals surface area (Å²) in [6, 6.07) is -1.71. The van der Waals surface area contributed by atoms with Gasteiger partial charge in [-0.3, -0.25) is 4.79 Å². The number of carbonyl (C=O) groups excluding carboxylic acids is 2. The molecular formula is C17H29N3O5. The van der Waals surface area contributed by atoms with E-state index in [9.17, 15) is 19.5 Å². The van der Waals surface area contributed by atoms with Gasteiger partial charge >= 0.3 is 12.1 Å². The average Bonchev–Trinajstić information content (AvgIpc) is 2.90. The van der Waals surface area contributed by atoms with Crippen molar-refractivity contribution >= 4 is 18.0 Å². The first-order valence-electron chi connectivity index (χ1n) is 8.89. The molecule has 0 aliphatic carbocycles. The van der Waals surface area contributed by atoms with Crippen LogP contribution < -0.4 is 5.32 Å². The quantitative estimate of drug-likeness (QED) is 0.785. The Morgan fingerprint density at radius 1 is 1.28 bits per heavy atom. The van der Waals surface area contributed by atoms with E-state index in [1.54, 1.807) is 20.8 Å². The lowest BCUT2D eigenvalue weighted by atomic mass is 10.1. The van der Waals surface area contributed by atoms with Crippen LogP contribution in [0.1, 0.15) is 47.0 Å².